The molecule has 1 atom stereocenters. The summed E-state index contributed by atoms with van der Waals surface area (Å²) in [4.78, 5) is 26.5. The summed E-state index contributed by atoms with van der Waals surface area (Å²) in [6.45, 7) is 2.33. The molecule has 1 heterocycles. The lowest BCUT2D eigenvalue weighted by Crippen LogP contribution is -2.28. The standard InChI is InChI=1S/C20H22N2O4/c1-13-4-6-15(7-5-13)21-20(24)14-10-19(23)22(12-14)16-8-9-17(25-2)18(11-16)26-3/h4-9,11,14H,10,12H2,1-3H3,(H,21,24). The van der Waals surface area contributed by atoms with E-state index in [1.54, 1.807) is 37.3 Å². The van der Waals surface area contributed by atoms with E-state index in [9.17, 15) is 9.59 Å². The molecule has 1 saturated heterocycles. The van der Waals surface area contributed by atoms with Crippen molar-refractivity contribution in [2.24, 2.45) is 5.92 Å². The summed E-state index contributed by atoms with van der Waals surface area (Å²) in [5, 5.41) is 2.88. The summed E-state index contributed by atoms with van der Waals surface area (Å²) in [6, 6.07) is 12.9. The van der Waals surface area contributed by atoms with E-state index in [2.05, 4.69) is 5.32 Å². The number of benzene rings is 2. The van der Waals surface area contributed by atoms with Gasteiger partial charge in [0, 0.05) is 30.4 Å². The van der Waals surface area contributed by atoms with Crippen LogP contribution in [0.1, 0.15) is 12.0 Å². The summed E-state index contributed by atoms with van der Waals surface area (Å²) in [6.07, 6.45) is 0.187. The van der Waals surface area contributed by atoms with E-state index in [4.69, 9.17) is 9.47 Å². The van der Waals surface area contributed by atoms with Gasteiger partial charge in [0.2, 0.25) is 11.8 Å². The number of rotatable bonds is 5. The van der Waals surface area contributed by atoms with Gasteiger partial charge < -0.3 is 19.7 Å². The molecule has 0 bridgehead atoms. The van der Waals surface area contributed by atoms with Crippen LogP contribution in [0.15, 0.2) is 42.5 Å². The molecule has 6 heteroatoms. The number of nitrogens with one attached hydrogen (secondary N) is 1. The smallest absolute Gasteiger partial charge is 0.229 e. The van der Waals surface area contributed by atoms with Crippen LogP contribution in [0.2, 0.25) is 0 Å². The minimum absolute atomic E-state index is 0.0822. The number of ether oxygens (including phenoxy) is 2. The fourth-order valence-corrected chi connectivity index (χ4v) is 3.01. The average molecular weight is 354 g/mol. The number of hydrogen-bond acceptors (Lipinski definition) is 4. The molecule has 0 aliphatic carbocycles. The molecule has 2 aromatic carbocycles. The number of nitrogens with zero attached hydrogens (tertiary/aromatic N) is 1. The maximum atomic E-state index is 12.5. The fourth-order valence-electron chi connectivity index (χ4n) is 3.01. The van der Waals surface area contributed by atoms with Crippen LogP contribution in [0.3, 0.4) is 0 Å². The third-order valence-corrected chi connectivity index (χ3v) is 4.49. The van der Waals surface area contributed by atoms with Gasteiger partial charge >= 0.3 is 0 Å². The molecular weight excluding hydrogens is 332 g/mol. The molecule has 3 rings (SSSR count). The molecular formula is C20H22N2O4. The summed E-state index contributed by atoms with van der Waals surface area (Å²) in [7, 11) is 3.11. The third kappa shape index (κ3) is 3.64. The molecule has 0 aromatic heterocycles. The van der Waals surface area contributed by atoms with Gasteiger partial charge in [-0.15, -0.1) is 0 Å². The normalized spacial score (nSPS) is 16.5. The molecule has 0 radical (unpaired) electrons. The summed E-state index contributed by atoms with van der Waals surface area (Å²) in [5.74, 6) is 0.519. The van der Waals surface area contributed by atoms with Crippen molar-refractivity contribution in [3.63, 3.8) is 0 Å². The molecule has 1 unspecified atom stereocenters. The van der Waals surface area contributed by atoms with E-state index >= 15 is 0 Å². The van der Waals surface area contributed by atoms with E-state index in [-0.39, 0.29) is 18.2 Å². The highest BCUT2D eigenvalue weighted by atomic mass is 16.5. The van der Waals surface area contributed by atoms with E-state index in [0.29, 0.717) is 23.7 Å². The minimum atomic E-state index is -0.392. The maximum Gasteiger partial charge on any atom is 0.229 e. The van der Waals surface area contributed by atoms with Gasteiger partial charge in [0.05, 0.1) is 20.1 Å². The first-order chi connectivity index (χ1) is 12.5. The molecule has 1 aliphatic rings. The van der Waals surface area contributed by atoms with Crippen molar-refractivity contribution in [2.45, 2.75) is 13.3 Å². The lowest BCUT2D eigenvalue weighted by Gasteiger charge is -2.18. The molecule has 1 fully saturated rings. The SMILES string of the molecule is COc1ccc(N2CC(C(=O)Nc3ccc(C)cc3)CC2=O)cc1OC. The quantitative estimate of drug-likeness (QED) is 0.896. The molecule has 26 heavy (non-hydrogen) atoms. The van der Waals surface area contributed by atoms with Crippen molar-refractivity contribution in [2.75, 3.05) is 31.0 Å². The number of aryl methyl sites for hydroxylation is 1. The second-order valence-electron chi connectivity index (χ2n) is 6.30. The molecule has 2 amide bonds. The summed E-state index contributed by atoms with van der Waals surface area (Å²) >= 11 is 0. The number of carbonyl (C=O) groups excluding carboxylic acids is 2. The summed E-state index contributed by atoms with van der Waals surface area (Å²) < 4.78 is 10.5. The van der Waals surface area contributed by atoms with Gasteiger partial charge in [0.1, 0.15) is 0 Å². The first-order valence-corrected chi connectivity index (χ1v) is 8.41. The van der Waals surface area contributed by atoms with Crippen molar-refractivity contribution in [1.82, 2.24) is 0 Å². The van der Waals surface area contributed by atoms with Crippen molar-refractivity contribution < 1.29 is 19.1 Å². The summed E-state index contributed by atoms with van der Waals surface area (Å²) in [5.41, 5.74) is 2.55. The molecule has 0 saturated carbocycles. The Hall–Kier alpha value is -3.02. The van der Waals surface area contributed by atoms with Crippen LogP contribution in [-0.2, 0) is 9.59 Å². The molecule has 1 N–H and O–H groups in total. The van der Waals surface area contributed by atoms with Crippen LogP contribution in [0, 0.1) is 12.8 Å². The van der Waals surface area contributed by atoms with Gasteiger partial charge in [-0.25, -0.2) is 0 Å². The average Bonchev–Trinajstić information content (AvgIpc) is 3.05. The fraction of sp³-hybridized carbons (Fsp3) is 0.300. The number of amides is 2. The van der Waals surface area contributed by atoms with Gasteiger partial charge in [-0.05, 0) is 31.2 Å². The van der Waals surface area contributed by atoms with Crippen LogP contribution in [0.5, 0.6) is 11.5 Å². The highest BCUT2D eigenvalue weighted by molar-refractivity contribution is 6.03. The first-order valence-electron chi connectivity index (χ1n) is 8.41. The van der Waals surface area contributed by atoms with Gasteiger partial charge in [0.15, 0.2) is 11.5 Å². The number of carbonyl (C=O) groups is 2. The highest BCUT2D eigenvalue weighted by Crippen LogP contribution is 2.34. The Morgan fingerprint density at radius 3 is 2.42 bits per heavy atom. The zero-order valence-electron chi connectivity index (χ0n) is 15.1. The highest BCUT2D eigenvalue weighted by Gasteiger charge is 2.35. The largest absolute Gasteiger partial charge is 0.493 e. The van der Waals surface area contributed by atoms with Gasteiger partial charge in [0.25, 0.3) is 0 Å². The van der Waals surface area contributed by atoms with Gasteiger partial charge in [-0.1, -0.05) is 17.7 Å². The molecule has 136 valence electrons. The molecule has 0 spiro atoms. The predicted octanol–water partition coefficient (Wildman–Crippen LogP) is 3.00. The Kier molecular flexibility index (Phi) is 5.11. The lowest BCUT2D eigenvalue weighted by molar-refractivity contribution is -0.122. The Labute approximate surface area is 152 Å². The molecule has 6 nitrogen and oxygen atoms in total. The second-order valence-corrected chi connectivity index (χ2v) is 6.30. The predicted molar refractivity (Wildman–Crippen MR) is 99.8 cm³/mol. The van der Waals surface area contributed by atoms with Crippen LogP contribution >= 0.6 is 0 Å². The lowest BCUT2D eigenvalue weighted by atomic mass is 10.1. The van der Waals surface area contributed by atoms with Crippen LogP contribution < -0.4 is 19.7 Å². The number of anilines is 2. The zero-order chi connectivity index (χ0) is 18.7. The maximum absolute atomic E-state index is 12.5. The van der Waals surface area contributed by atoms with Crippen molar-refractivity contribution in [3.05, 3.63) is 48.0 Å². The van der Waals surface area contributed by atoms with Crippen LogP contribution in [-0.4, -0.2) is 32.6 Å². The number of methoxy groups -OCH3 is 2. The minimum Gasteiger partial charge on any atom is -0.493 e. The monoisotopic (exact) mass is 354 g/mol. The Morgan fingerprint density at radius 1 is 1.08 bits per heavy atom. The molecule has 1 aliphatic heterocycles. The van der Waals surface area contributed by atoms with E-state index in [0.717, 1.165) is 11.3 Å². The van der Waals surface area contributed by atoms with Gasteiger partial charge in [-0.2, -0.15) is 0 Å². The topological polar surface area (TPSA) is 67.9 Å². The van der Waals surface area contributed by atoms with Crippen molar-refractivity contribution >= 4 is 23.2 Å². The van der Waals surface area contributed by atoms with Gasteiger partial charge in [-0.3, -0.25) is 9.59 Å². The Balaban J connectivity index is 1.72. The third-order valence-electron chi connectivity index (χ3n) is 4.49. The second kappa shape index (κ2) is 7.47. The Morgan fingerprint density at radius 2 is 1.77 bits per heavy atom. The van der Waals surface area contributed by atoms with Crippen LogP contribution in [0.4, 0.5) is 11.4 Å². The van der Waals surface area contributed by atoms with E-state index < -0.39 is 5.92 Å². The molecule has 2 aromatic rings. The van der Waals surface area contributed by atoms with Crippen LogP contribution in [0.25, 0.3) is 0 Å². The van der Waals surface area contributed by atoms with Crippen molar-refractivity contribution in [3.8, 4) is 11.5 Å². The number of hydrogen-bond donors (Lipinski definition) is 1. The first kappa shape index (κ1) is 17.8. The van der Waals surface area contributed by atoms with E-state index in [1.807, 2.05) is 31.2 Å². The zero-order valence-corrected chi connectivity index (χ0v) is 15.1. The van der Waals surface area contributed by atoms with E-state index in [1.165, 1.54) is 0 Å². The Bertz CT molecular complexity index is 817. The van der Waals surface area contributed by atoms with Crippen molar-refractivity contribution in [1.29, 1.82) is 0 Å².